The van der Waals surface area contributed by atoms with Gasteiger partial charge in [-0.25, -0.2) is 19.2 Å². The molecule has 0 aliphatic rings. The van der Waals surface area contributed by atoms with Gasteiger partial charge in [-0.05, 0) is 37.8 Å². The lowest BCUT2D eigenvalue weighted by Gasteiger charge is -2.18. The first-order valence-corrected chi connectivity index (χ1v) is 10.5. The van der Waals surface area contributed by atoms with Gasteiger partial charge in [0.05, 0.1) is 0 Å². The second kappa shape index (κ2) is 16.8. The highest BCUT2D eigenvalue weighted by Gasteiger charge is 2.24. The van der Waals surface area contributed by atoms with Crippen LogP contribution in [0.2, 0.25) is 0 Å². The molecule has 0 saturated heterocycles. The second-order valence-electron chi connectivity index (χ2n) is 6.57. The Morgan fingerprint density at radius 1 is 0.788 bits per heavy atom. The zero-order valence-electron chi connectivity index (χ0n) is 18.7. The van der Waals surface area contributed by atoms with Crippen molar-refractivity contribution in [2.75, 3.05) is 11.9 Å². The van der Waals surface area contributed by atoms with Crippen LogP contribution in [0.25, 0.3) is 0 Å². The third-order valence-corrected chi connectivity index (χ3v) is 4.09. The van der Waals surface area contributed by atoms with E-state index in [0.717, 1.165) is 0 Å². The van der Waals surface area contributed by atoms with Crippen LogP contribution in [0.1, 0.15) is 46.0 Å². The summed E-state index contributed by atoms with van der Waals surface area (Å²) in [5.74, 6) is -3.95. The fourth-order valence-electron chi connectivity index (χ4n) is 2.51. The number of amides is 4. The number of carboxylic acid groups (broad SMARTS) is 3. The van der Waals surface area contributed by atoms with Gasteiger partial charge in [-0.3, -0.25) is 4.79 Å². The predicted molar refractivity (Wildman–Crippen MR) is 120 cm³/mol. The van der Waals surface area contributed by atoms with Gasteiger partial charge in [-0.15, -0.1) is 0 Å². The van der Waals surface area contributed by atoms with Crippen molar-refractivity contribution in [3.63, 3.8) is 0 Å². The van der Waals surface area contributed by atoms with Gasteiger partial charge < -0.3 is 36.6 Å². The van der Waals surface area contributed by atoms with Crippen LogP contribution in [0.3, 0.4) is 0 Å². The van der Waals surface area contributed by atoms with Gasteiger partial charge in [-0.1, -0.05) is 32.0 Å². The molecule has 0 fully saturated rings. The van der Waals surface area contributed by atoms with Crippen molar-refractivity contribution in [2.24, 2.45) is 0 Å². The lowest BCUT2D eigenvalue weighted by atomic mass is 10.1. The lowest BCUT2D eigenvalue weighted by molar-refractivity contribution is -0.140. The zero-order chi connectivity index (χ0) is 25.2. The molecule has 184 valence electrons. The van der Waals surface area contributed by atoms with Gasteiger partial charge in [0.25, 0.3) is 0 Å². The molecule has 0 spiro atoms. The minimum atomic E-state index is -1.46. The average Bonchev–Trinajstić information content (AvgIpc) is 2.77. The van der Waals surface area contributed by atoms with Gasteiger partial charge in [0, 0.05) is 18.7 Å². The summed E-state index contributed by atoms with van der Waals surface area (Å²) in [6.07, 6.45) is 0.0600. The van der Waals surface area contributed by atoms with Crippen LogP contribution < -0.4 is 21.3 Å². The number of unbranched alkanes of at least 4 members (excludes halogenated alkanes) is 1. The number of aliphatic carboxylic acids is 3. The summed E-state index contributed by atoms with van der Waals surface area (Å²) in [6, 6.07) is 4.66. The van der Waals surface area contributed by atoms with Crippen molar-refractivity contribution < 1.29 is 39.3 Å². The summed E-state index contributed by atoms with van der Waals surface area (Å²) < 4.78 is 0. The summed E-state index contributed by atoms with van der Waals surface area (Å²) in [6.45, 7) is 4.29. The van der Waals surface area contributed by atoms with Gasteiger partial charge >= 0.3 is 30.0 Å². The number of hydrogen-bond donors (Lipinski definition) is 7. The summed E-state index contributed by atoms with van der Waals surface area (Å²) in [5, 5.41) is 36.4. The second-order valence-corrected chi connectivity index (χ2v) is 6.57. The molecule has 0 aliphatic carbocycles. The molecule has 12 nitrogen and oxygen atoms in total. The first kappa shape index (κ1) is 29.2. The number of para-hydroxylation sites is 1. The zero-order valence-corrected chi connectivity index (χ0v) is 18.7. The van der Waals surface area contributed by atoms with E-state index in [9.17, 15) is 29.1 Å². The van der Waals surface area contributed by atoms with Gasteiger partial charge in [0.1, 0.15) is 12.1 Å². The Kier molecular flexibility index (Phi) is 14.9. The molecule has 7 N–H and O–H groups in total. The first-order chi connectivity index (χ1) is 15.7. The number of carbonyl (C=O) groups is 5. The van der Waals surface area contributed by atoms with Crippen LogP contribution in [-0.4, -0.2) is 63.9 Å². The monoisotopic (exact) mass is 468 g/mol. The SMILES string of the molecule is CC.O=C(O)CC[C@H](NC(=O)N[C@@H](CCCCNC(=O)Nc1ccccc1)C(=O)O)C(=O)O. The van der Waals surface area contributed by atoms with E-state index in [0.29, 0.717) is 18.5 Å². The minimum Gasteiger partial charge on any atom is -0.481 e. The molecule has 4 amide bonds. The number of carbonyl (C=O) groups excluding carboxylic acids is 2. The van der Waals surface area contributed by atoms with E-state index in [1.54, 1.807) is 24.3 Å². The standard InChI is InChI=1S/C19H26N4O8.C2H6/c24-15(25)10-9-14(17(28)29)23-19(31)22-13(16(26)27)8-4-5-11-20-18(30)21-12-6-2-1-3-7-12;1-2/h1-3,6-7,13-14H,4-5,8-11H2,(H,24,25)(H,26,27)(H,28,29)(H2,20,21,30)(H2,22,23,31);1-2H3/t13-,14-;/m0./s1. The van der Waals surface area contributed by atoms with E-state index < -0.39 is 48.5 Å². The van der Waals surface area contributed by atoms with Crippen LogP contribution in [0.5, 0.6) is 0 Å². The molecule has 0 aliphatic heterocycles. The Balaban J connectivity index is 0.00000497. The van der Waals surface area contributed by atoms with Crippen molar-refractivity contribution in [3.05, 3.63) is 30.3 Å². The number of nitrogens with one attached hydrogen (secondary N) is 4. The Hall–Kier alpha value is -3.83. The maximum atomic E-state index is 11.9. The molecule has 0 unspecified atom stereocenters. The molecule has 1 aromatic carbocycles. The van der Waals surface area contributed by atoms with E-state index >= 15 is 0 Å². The molecule has 0 bridgehead atoms. The van der Waals surface area contributed by atoms with E-state index in [1.165, 1.54) is 0 Å². The molecule has 12 heteroatoms. The number of benzene rings is 1. The molecule has 33 heavy (non-hydrogen) atoms. The number of anilines is 1. The lowest BCUT2D eigenvalue weighted by Crippen LogP contribution is -2.51. The highest BCUT2D eigenvalue weighted by molar-refractivity contribution is 5.89. The highest BCUT2D eigenvalue weighted by Crippen LogP contribution is 2.05. The molecule has 0 aromatic heterocycles. The molecule has 0 saturated carbocycles. The number of rotatable bonds is 13. The van der Waals surface area contributed by atoms with Crippen LogP contribution >= 0.6 is 0 Å². The number of carboxylic acids is 3. The minimum absolute atomic E-state index is 0.0532. The first-order valence-electron chi connectivity index (χ1n) is 10.5. The Morgan fingerprint density at radius 3 is 1.85 bits per heavy atom. The number of hydrogen-bond acceptors (Lipinski definition) is 5. The Labute approximate surface area is 191 Å². The van der Waals surface area contributed by atoms with E-state index in [-0.39, 0.29) is 19.4 Å². The quantitative estimate of drug-likeness (QED) is 0.214. The van der Waals surface area contributed by atoms with Crippen LogP contribution in [0, 0.1) is 0 Å². The summed E-state index contributed by atoms with van der Waals surface area (Å²) >= 11 is 0. The molecule has 0 heterocycles. The third kappa shape index (κ3) is 14.0. The summed E-state index contributed by atoms with van der Waals surface area (Å²) in [7, 11) is 0. The summed E-state index contributed by atoms with van der Waals surface area (Å²) in [4.78, 5) is 56.6. The summed E-state index contributed by atoms with van der Waals surface area (Å²) in [5.41, 5.74) is 0.629. The van der Waals surface area contributed by atoms with Crippen molar-refractivity contribution in [3.8, 4) is 0 Å². The van der Waals surface area contributed by atoms with Gasteiger partial charge in [0.2, 0.25) is 0 Å². The van der Waals surface area contributed by atoms with Crippen LogP contribution in [-0.2, 0) is 14.4 Å². The maximum Gasteiger partial charge on any atom is 0.326 e. The van der Waals surface area contributed by atoms with Crippen molar-refractivity contribution >= 4 is 35.7 Å². The molecule has 0 radical (unpaired) electrons. The smallest absolute Gasteiger partial charge is 0.326 e. The van der Waals surface area contributed by atoms with E-state index in [2.05, 4.69) is 21.3 Å². The van der Waals surface area contributed by atoms with E-state index in [4.69, 9.17) is 10.2 Å². The van der Waals surface area contributed by atoms with Crippen molar-refractivity contribution in [1.29, 1.82) is 0 Å². The molecule has 1 rings (SSSR count). The van der Waals surface area contributed by atoms with Crippen LogP contribution in [0.15, 0.2) is 30.3 Å². The highest BCUT2D eigenvalue weighted by atomic mass is 16.4. The Morgan fingerprint density at radius 2 is 1.33 bits per heavy atom. The molecule has 1 aromatic rings. The van der Waals surface area contributed by atoms with Crippen LogP contribution in [0.4, 0.5) is 15.3 Å². The predicted octanol–water partition coefficient (Wildman–Crippen LogP) is 2.07. The normalized spacial score (nSPS) is 11.6. The molecular weight excluding hydrogens is 436 g/mol. The molecular formula is C21H32N4O8. The van der Waals surface area contributed by atoms with Crippen molar-refractivity contribution in [1.82, 2.24) is 16.0 Å². The maximum absolute atomic E-state index is 11.9. The Bertz CT molecular complexity index is 773. The van der Waals surface area contributed by atoms with Gasteiger partial charge in [0.15, 0.2) is 0 Å². The van der Waals surface area contributed by atoms with E-state index in [1.807, 2.05) is 19.9 Å². The third-order valence-electron chi connectivity index (χ3n) is 4.09. The largest absolute Gasteiger partial charge is 0.481 e. The number of urea groups is 2. The van der Waals surface area contributed by atoms with Crippen molar-refractivity contribution in [2.45, 2.75) is 58.0 Å². The molecule has 2 atom stereocenters. The van der Waals surface area contributed by atoms with Gasteiger partial charge in [-0.2, -0.15) is 0 Å². The topological polar surface area (TPSA) is 194 Å². The average molecular weight is 469 g/mol. The fraction of sp³-hybridized carbons (Fsp3) is 0.476. The fourth-order valence-corrected chi connectivity index (χ4v) is 2.51.